The van der Waals surface area contributed by atoms with Crippen LogP contribution in [0.4, 0.5) is 3.89 Å². The zero-order valence-electron chi connectivity index (χ0n) is 6.57. The zero-order valence-corrected chi connectivity index (χ0v) is 8.96. The monoisotopic (exact) mass is 251 g/mol. The highest BCUT2D eigenvalue weighted by molar-refractivity contribution is 7.88. The average Bonchev–Trinajstić information content (AvgIpc) is 2.45. The molecule has 14 heavy (non-hydrogen) atoms. The van der Waals surface area contributed by atoms with E-state index < -0.39 is 10.2 Å². The average molecular weight is 252 g/mol. The fourth-order valence-electron chi connectivity index (χ4n) is 0.997. The minimum atomic E-state index is -4.64. The molecule has 0 aliphatic heterocycles. The van der Waals surface area contributed by atoms with Crippen molar-refractivity contribution < 1.29 is 12.3 Å². The number of pyridine rings is 1. The molecule has 0 N–H and O–H groups in total. The first-order valence-corrected chi connectivity index (χ1v) is 6.05. The van der Waals surface area contributed by atoms with E-state index in [1.54, 1.807) is 6.07 Å². The van der Waals surface area contributed by atoms with Crippen LogP contribution in [0.2, 0.25) is 5.15 Å². The second kappa shape index (κ2) is 3.15. The first-order chi connectivity index (χ1) is 6.47. The Balaban J connectivity index is 2.75. The van der Waals surface area contributed by atoms with Crippen molar-refractivity contribution in [1.29, 1.82) is 0 Å². The number of aromatic nitrogens is 1. The van der Waals surface area contributed by atoms with Gasteiger partial charge in [0.1, 0.15) is 5.15 Å². The molecule has 7 heteroatoms. The standard InChI is InChI=1S/C7H3ClFNO2S2/c8-6-2-1-5-4(10-6)3-7(13-5)14(9,11)12/h1-3H. The second-order valence-electron chi connectivity index (χ2n) is 2.52. The van der Waals surface area contributed by atoms with E-state index in [9.17, 15) is 12.3 Å². The number of rotatable bonds is 1. The highest BCUT2D eigenvalue weighted by Gasteiger charge is 2.16. The lowest BCUT2D eigenvalue weighted by Crippen LogP contribution is -1.85. The fourth-order valence-corrected chi connectivity index (χ4v) is 2.80. The molecular weight excluding hydrogens is 249 g/mol. The number of halogens is 2. The van der Waals surface area contributed by atoms with Gasteiger partial charge in [-0.1, -0.05) is 15.5 Å². The summed E-state index contributed by atoms with van der Waals surface area (Å²) < 4.78 is 34.0. The van der Waals surface area contributed by atoms with Gasteiger partial charge in [0.05, 0.1) is 10.2 Å². The Morgan fingerprint density at radius 1 is 1.43 bits per heavy atom. The van der Waals surface area contributed by atoms with Gasteiger partial charge in [-0.15, -0.1) is 11.3 Å². The molecule has 0 saturated heterocycles. The third kappa shape index (κ3) is 1.73. The highest BCUT2D eigenvalue weighted by Crippen LogP contribution is 2.29. The summed E-state index contributed by atoms with van der Waals surface area (Å²) in [5.41, 5.74) is 0.388. The van der Waals surface area contributed by atoms with Gasteiger partial charge in [0.25, 0.3) is 0 Å². The molecule has 74 valence electrons. The van der Waals surface area contributed by atoms with Crippen LogP contribution in [0.15, 0.2) is 22.4 Å². The van der Waals surface area contributed by atoms with Crippen molar-refractivity contribution in [3.05, 3.63) is 23.4 Å². The Hall–Kier alpha value is -0.720. The van der Waals surface area contributed by atoms with E-state index in [1.807, 2.05) is 0 Å². The van der Waals surface area contributed by atoms with Gasteiger partial charge in [-0.25, -0.2) is 4.98 Å². The maximum Gasteiger partial charge on any atom is 0.341 e. The Kier molecular flexibility index (Phi) is 2.21. The zero-order chi connectivity index (χ0) is 10.3. The molecule has 0 radical (unpaired) electrons. The summed E-state index contributed by atoms with van der Waals surface area (Å²) in [7, 11) is -4.64. The van der Waals surface area contributed by atoms with Crippen molar-refractivity contribution in [1.82, 2.24) is 4.98 Å². The number of nitrogens with zero attached hydrogens (tertiary/aromatic N) is 1. The van der Waals surface area contributed by atoms with Gasteiger partial charge in [-0.3, -0.25) is 0 Å². The van der Waals surface area contributed by atoms with Crippen LogP contribution in [-0.2, 0) is 10.2 Å². The minimum Gasteiger partial charge on any atom is -0.235 e. The number of thiophene rings is 1. The van der Waals surface area contributed by atoms with E-state index >= 15 is 0 Å². The lowest BCUT2D eigenvalue weighted by molar-refractivity contribution is 0.554. The lowest BCUT2D eigenvalue weighted by Gasteiger charge is -1.87. The van der Waals surface area contributed by atoms with Crippen molar-refractivity contribution in [2.75, 3.05) is 0 Å². The lowest BCUT2D eigenvalue weighted by atomic mass is 10.4. The van der Waals surface area contributed by atoms with Gasteiger partial charge < -0.3 is 0 Å². The molecule has 0 atom stereocenters. The molecule has 0 fully saturated rings. The Labute approximate surface area is 88.4 Å². The van der Waals surface area contributed by atoms with E-state index in [1.165, 1.54) is 12.1 Å². The first-order valence-electron chi connectivity index (χ1n) is 3.47. The van der Waals surface area contributed by atoms with E-state index in [0.717, 1.165) is 11.3 Å². The first kappa shape index (κ1) is 9.82. The van der Waals surface area contributed by atoms with E-state index in [4.69, 9.17) is 11.6 Å². The van der Waals surface area contributed by atoms with E-state index in [0.29, 0.717) is 10.2 Å². The molecule has 0 aliphatic rings. The van der Waals surface area contributed by atoms with Crippen LogP contribution in [0.1, 0.15) is 0 Å². The van der Waals surface area contributed by atoms with Gasteiger partial charge in [0.2, 0.25) is 0 Å². The molecule has 0 unspecified atom stereocenters. The Morgan fingerprint density at radius 3 is 2.79 bits per heavy atom. The number of fused-ring (bicyclic) bond motifs is 1. The number of hydrogen-bond acceptors (Lipinski definition) is 4. The van der Waals surface area contributed by atoms with Gasteiger partial charge in [0.15, 0.2) is 4.21 Å². The van der Waals surface area contributed by atoms with Crippen LogP contribution in [0.5, 0.6) is 0 Å². The summed E-state index contributed by atoms with van der Waals surface area (Å²) in [5.74, 6) is 0. The minimum absolute atomic E-state index is 0.248. The largest absolute Gasteiger partial charge is 0.341 e. The van der Waals surface area contributed by atoms with Gasteiger partial charge >= 0.3 is 10.2 Å². The van der Waals surface area contributed by atoms with Crippen molar-refractivity contribution in [2.45, 2.75) is 4.21 Å². The van der Waals surface area contributed by atoms with E-state index in [2.05, 4.69) is 4.98 Å². The molecule has 2 heterocycles. The SMILES string of the molecule is O=S(=O)(F)c1cc2nc(Cl)ccc2s1. The summed E-state index contributed by atoms with van der Waals surface area (Å²) in [4.78, 5) is 3.85. The molecule has 3 nitrogen and oxygen atoms in total. The summed E-state index contributed by atoms with van der Waals surface area (Å²) >= 11 is 6.42. The maximum atomic E-state index is 12.6. The summed E-state index contributed by atoms with van der Waals surface area (Å²) in [6, 6.07) is 4.29. The molecule has 0 aromatic carbocycles. The predicted molar refractivity (Wildman–Crippen MR) is 52.9 cm³/mol. The molecular formula is C7H3ClFNO2S2. The van der Waals surface area contributed by atoms with Crippen LogP contribution in [0, 0.1) is 0 Å². The van der Waals surface area contributed by atoms with Gasteiger partial charge in [-0.2, -0.15) is 8.42 Å². The normalized spacial score (nSPS) is 12.1. The van der Waals surface area contributed by atoms with Crippen LogP contribution in [-0.4, -0.2) is 13.4 Å². The quantitative estimate of drug-likeness (QED) is 0.578. The Morgan fingerprint density at radius 2 is 2.14 bits per heavy atom. The summed E-state index contributed by atoms with van der Waals surface area (Å²) in [6.07, 6.45) is 0. The third-order valence-electron chi connectivity index (χ3n) is 1.56. The summed E-state index contributed by atoms with van der Waals surface area (Å²) in [6.45, 7) is 0. The molecule has 0 spiro atoms. The molecule has 2 rings (SSSR count). The van der Waals surface area contributed by atoms with Crippen LogP contribution >= 0.6 is 22.9 Å². The smallest absolute Gasteiger partial charge is 0.235 e. The van der Waals surface area contributed by atoms with Gasteiger partial charge in [0, 0.05) is 0 Å². The fraction of sp³-hybridized carbons (Fsp3) is 0. The molecule has 0 saturated carbocycles. The van der Waals surface area contributed by atoms with Crippen molar-refractivity contribution >= 4 is 43.4 Å². The molecule has 0 aliphatic carbocycles. The highest BCUT2D eigenvalue weighted by atomic mass is 35.5. The van der Waals surface area contributed by atoms with Crippen molar-refractivity contribution in [2.24, 2.45) is 0 Å². The Bertz CT molecular complexity index is 593. The molecule has 2 aromatic rings. The molecule has 2 aromatic heterocycles. The van der Waals surface area contributed by atoms with Crippen molar-refractivity contribution in [3.63, 3.8) is 0 Å². The van der Waals surface area contributed by atoms with Crippen LogP contribution in [0.3, 0.4) is 0 Å². The maximum absolute atomic E-state index is 12.6. The third-order valence-corrected chi connectivity index (χ3v) is 4.10. The van der Waals surface area contributed by atoms with Crippen LogP contribution in [0.25, 0.3) is 10.2 Å². The van der Waals surface area contributed by atoms with Gasteiger partial charge in [-0.05, 0) is 18.2 Å². The van der Waals surface area contributed by atoms with E-state index in [-0.39, 0.29) is 9.36 Å². The summed E-state index contributed by atoms with van der Waals surface area (Å²) in [5, 5.41) is 0.248. The van der Waals surface area contributed by atoms with Crippen molar-refractivity contribution in [3.8, 4) is 0 Å². The van der Waals surface area contributed by atoms with Crippen LogP contribution < -0.4 is 0 Å². The topological polar surface area (TPSA) is 47.0 Å². The molecule has 0 amide bonds. The molecule has 0 bridgehead atoms. The predicted octanol–water partition coefficient (Wildman–Crippen LogP) is 2.61. The second-order valence-corrected chi connectivity index (χ2v) is 5.57. The number of hydrogen-bond donors (Lipinski definition) is 0.